The number of hydrogen-bond acceptors (Lipinski definition) is 6. The highest BCUT2D eigenvalue weighted by Gasteiger charge is 2.37. The van der Waals surface area contributed by atoms with Gasteiger partial charge in [0.2, 0.25) is 0 Å². The highest BCUT2D eigenvalue weighted by Crippen LogP contribution is 2.32. The molecule has 8 heteroatoms. The van der Waals surface area contributed by atoms with Gasteiger partial charge in [0.05, 0.1) is 11.1 Å². The predicted molar refractivity (Wildman–Crippen MR) is 150 cm³/mol. The molecule has 38 heavy (non-hydrogen) atoms. The second-order valence-electron chi connectivity index (χ2n) is 10.2. The zero-order chi connectivity index (χ0) is 27.4. The van der Waals surface area contributed by atoms with Crippen LogP contribution in [0.2, 0.25) is 0 Å². The third kappa shape index (κ3) is 8.61. The quantitative estimate of drug-likeness (QED) is 0.136. The fourth-order valence-corrected chi connectivity index (χ4v) is 5.63. The molecule has 1 aliphatic heterocycles. The molecule has 0 radical (unpaired) electrons. The average molecular weight is 546 g/mol. The molecule has 1 aliphatic rings. The SMILES string of the molecule is CCCCCCCCCCCCCOCS(=O)(=O)ON1C(=O)c2cccc3cc(CCCC)cc(c23)C1=O. The van der Waals surface area contributed by atoms with Crippen LogP contribution in [0.15, 0.2) is 30.3 Å². The van der Waals surface area contributed by atoms with Crippen molar-refractivity contribution < 1.29 is 27.0 Å². The number of ether oxygens (including phenoxy) is 1. The van der Waals surface area contributed by atoms with Crippen molar-refractivity contribution in [1.82, 2.24) is 5.06 Å². The van der Waals surface area contributed by atoms with Crippen LogP contribution in [0.4, 0.5) is 0 Å². The van der Waals surface area contributed by atoms with Gasteiger partial charge in [-0.05, 0) is 42.3 Å². The Bertz CT molecular complexity index is 1180. The van der Waals surface area contributed by atoms with E-state index < -0.39 is 27.9 Å². The first-order chi connectivity index (χ1) is 18.4. The molecule has 0 atom stereocenters. The number of carbonyl (C=O) groups excluding carboxylic acids is 2. The van der Waals surface area contributed by atoms with Gasteiger partial charge in [-0.2, -0.15) is 8.42 Å². The summed E-state index contributed by atoms with van der Waals surface area (Å²) < 4.78 is 35.4. The van der Waals surface area contributed by atoms with E-state index in [1.54, 1.807) is 18.2 Å². The van der Waals surface area contributed by atoms with E-state index in [1.807, 2.05) is 12.1 Å². The Morgan fingerprint density at radius 2 is 1.34 bits per heavy atom. The minimum absolute atomic E-state index is 0.246. The monoisotopic (exact) mass is 545 g/mol. The molecule has 0 saturated carbocycles. The Morgan fingerprint density at radius 1 is 0.737 bits per heavy atom. The number of hydrogen-bond donors (Lipinski definition) is 0. The molecule has 0 fully saturated rings. The largest absolute Gasteiger partial charge is 0.363 e. The highest BCUT2D eigenvalue weighted by molar-refractivity contribution is 7.86. The standard InChI is InChI=1S/C30H43NO6S/c1-3-5-7-8-9-10-11-12-13-14-15-20-36-23-38(34,35)37-31-29(32)26-19-16-18-25-21-24(17-6-4-2)22-27(28(25)26)30(31)33/h16,18-19,21-22H,3-15,17,20,23H2,1-2H3. The Labute approximate surface area is 228 Å². The van der Waals surface area contributed by atoms with Gasteiger partial charge in [0.1, 0.15) is 0 Å². The summed E-state index contributed by atoms with van der Waals surface area (Å²) in [6.07, 6.45) is 15.9. The maximum Gasteiger partial charge on any atom is 0.313 e. The lowest BCUT2D eigenvalue weighted by atomic mass is 9.92. The Morgan fingerprint density at radius 3 is 2.00 bits per heavy atom. The van der Waals surface area contributed by atoms with Crippen LogP contribution in [-0.4, -0.2) is 37.8 Å². The molecule has 0 saturated heterocycles. The van der Waals surface area contributed by atoms with Crippen molar-refractivity contribution in [2.45, 2.75) is 104 Å². The fraction of sp³-hybridized carbons (Fsp3) is 0.600. The van der Waals surface area contributed by atoms with Gasteiger partial charge in [0, 0.05) is 12.0 Å². The van der Waals surface area contributed by atoms with E-state index in [4.69, 9.17) is 9.02 Å². The molecule has 3 rings (SSSR count). The molecular weight excluding hydrogens is 502 g/mol. The number of nitrogens with zero attached hydrogens (tertiary/aromatic N) is 1. The fourth-order valence-electron chi connectivity index (χ4n) is 4.91. The number of rotatable bonds is 19. The van der Waals surface area contributed by atoms with Gasteiger partial charge in [-0.3, -0.25) is 9.59 Å². The van der Waals surface area contributed by atoms with Crippen LogP contribution in [-0.2, 0) is 25.6 Å². The van der Waals surface area contributed by atoms with E-state index in [0.29, 0.717) is 10.4 Å². The lowest BCUT2D eigenvalue weighted by Crippen LogP contribution is -2.42. The van der Waals surface area contributed by atoms with Crippen molar-refractivity contribution in [1.29, 1.82) is 0 Å². The number of carbonyl (C=O) groups is 2. The molecular formula is C30H43NO6S. The summed E-state index contributed by atoms with van der Waals surface area (Å²) in [5.74, 6) is -2.27. The number of hydroxylamine groups is 2. The summed E-state index contributed by atoms with van der Waals surface area (Å²) in [4.78, 5) is 26.2. The van der Waals surface area contributed by atoms with Crippen molar-refractivity contribution in [3.05, 3.63) is 47.0 Å². The van der Waals surface area contributed by atoms with Gasteiger partial charge < -0.3 is 4.74 Å². The lowest BCUT2D eigenvalue weighted by molar-refractivity contribution is -0.0180. The van der Waals surface area contributed by atoms with Crippen LogP contribution < -0.4 is 0 Å². The maximum atomic E-state index is 13.2. The van der Waals surface area contributed by atoms with E-state index in [-0.39, 0.29) is 17.7 Å². The smallest absolute Gasteiger partial charge is 0.313 e. The minimum Gasteiger partial charge on any atom is -0.363 e. The summed E-state index contributed by atoms with van der Waals surface area (Å²) >= 11 is 0. The lowest BCUT2D eigenvalue weighted by Gasteiger charge is -2.25. The highest BCUT2D eigenvalue weighted by atomic mass is 32.2. The Kier molecular flexibility index (Phi) is 12.2. The Hall–Kier alpha value is -2.29. The van der Waals surface area contributed by atoms with E-state index in [1.165, 1.54) is 51.4 Å². The molecule has 2 aromatic rings. The van der Waals surface area contributed by atoms with Crippen LogP contribution in [0.1, 0.15) is 124 Å². The van der Waals surface area contributed by atoms with Crippen LogP contribution in [0.3, 0.4) is 0 Å². The molecule has 0 N–H and O–H groups in total. The van der Waals surface area contributed by atoms with Crippen molar-refractivity contribution in [3.8, 4) is 0 Å². The molecule has 0 unspecified atom stereocenters. The summed E-state index contributed by atoms with van der Waals surface area (Å²) in [6, 6.07) is 8.88. The van der Waals surface area contributed by atoms with Crippen LogP contribution >= 0.6 is 0 Å². The van der Waals surface area contributed by atoms with Crippen molar-refractivity contribution in [3.63, 3.8) is 0 Å². The summed E-state index contributed by atoms with van der Waals surface area (Å²) in [5, 5.41) is 1.68. The summed E-state index contributed by atoms with van der Waals surface area (Å²) in [6.45, 7) is 4.60. The molecule has 7 nitrogen and oxygen atoms in total. The van der Waals surface area contributed by atoms with Gasteiger partial charge in [-0.15, -0.1) is 9.35 Å². The van der Waals surface area contributed by atoms with Gasteiger partial charge in [0.25, 0.3) is 11.8 Å². The molecule has 2 aromatic carbocycles. The molecule has 1 heterocycles. The van der Waals surface area contributed by atoms with Gasteiger partial charge >= 0.3 is 10.1 Å². The van der Waals surface area contributed by atoms with Crippen molar-refractivity contribution in [2.75, 3.05) is 12.5 Å². The third-order valence-electron chi connectivity index (χ3n) is 6.99. The third-order valence-corrected chi connectivity index (χ3v) is 7.82. The van der Waals surface area contributed by atoms with Gasteiger partial charge in [0.15, 0.2) is 5.94 Å². The zero-order valence-electron chi connectivity index (χ0n) is 23.0. The van der Waals surface area contributed by atoms with Crippen LogP contribution in [0, 0.1) is 0 Å². The average Bonchev–Trinajstić information content (AvgIpc) is 2.90. The number of aryl methyl sites for hydroxylation is 1. The zero-order valence-corrected chi connectivity index (χ0v) is 23.8. The minimum atomic E-state index is -4.30. The number of benzene rings is 2. The van der Waals surface area contributed by atoms with E-state index >= 15 is 0 Å². The number of unbranched alkanes of at least 4 members (excludes halogenated alkanes) is 11. The topological polar surface area (TPSA) is 90.0 Å². The second kappa shape index (κ2) is 15.3. The molecule has 0 bridgehead atoms. The first kappa shape index (κ1) is 30.3. The second-order valence-corrected chi connectivity index (χ2v) is 11.7. The summed E-state index contributed by atoms with van der Waals surface area (Å²) in [7, 11) is -4.30. The molecule has 0 aliphatic carbocycles. The van der Waals surface area contributed by atoms with E-state index in [0.717, 1.165) is 49.5 Å². The van der Waals surface area contributed by atoms with Gasteiger partial charge in [-0.1, -0.05) is 103 Å². The van der Waals surface area contributed by atoms with Crippen LogP contribution in [0.5, 0.6) is 0 Å². The van der Waals surface area contributed by atoms with Crippen molar-refractivity contribution in [2.24, 2.45) is 0 Å². The molecule has 2 amide bonds. The first-order valence-corrected chi connectivity index (χ1v) is 15.9. The first-order valence-electron chi connectivity index (χ1n) is 14.3. The number of imide groups is 1. The maximum absolute atomic E-state index is 13.2. The van der Waals surface area contributed by atoms with Crippen molar-refractivity contribution >= 4 is 32.7 Å². The number of amides is 2. The van der Waals surface area contributed by atoms with E-state index in [2.05, 4.69) is 13.8 Å². The normalized spacial score (nSPS) is 13.6. The molecule has 0 spiro atoms. The predicted octanol–water partition coefficient (Wildman–Crippen LogP) is 7.32. The molecule has 0 aromatic heterocycles. The van der Waals surface area contributed by atoms with E-state index in [9.17, 15) is 18.0 Å². The van der Waals surface area contributed by atoms with Crippen LogP contribution in [0.25, 0.3) is 10.8 Å². The summed E-state index contributed by atoms with van der Waals surface area (Å²) in [5.41, 5.74) is 1.49. The molecule has 210 valence electrons. The Balaban J connectivity index is 1.46. The van der Waals surface area contributed by atoms with Gasteiger partial charge in [-0.25, -0.2) is 0 Å².